The van der Waals surface area contributed by atoms with Gasteiger partial charge in [0.25, 0.3) is 0 Å². The van der Waals surface area contributed by atoms with Gasteiger partial charge in [0.1, 0.15) is 46.9 Å². The molecule has 68 heavy (non-hydrogen) atoms. The molecule has 378 valence electrons. The Kier molecular flexibility index (Phi) is 19.8. The fraction of sp³-hybridized carbons (Fsp3) is 0.686. The molecule has 1 aromatic carbocycles. The van der Waals surface area contributed by atoms with Crippen molar-refractivity contribution in [3.63, 3.8) is 0 Å². The summed E-state index contributed by atoms with van der Waals surface area (Å²) < 4.78 is 11.3. The third kappa shape index (κ3) is 17.3. The maximum atomic E-state index is 14.6. The van der Waals surface area contributed by atoms with E-state index in [2.05, 4.69) is 20.9 Å². The summed E-state index contributed by atoms with van der Waals surface area (Å²) >= 11 is 0. The number of unbranched alkanes of at least 4 members (excludes halogenated alkanes) is 1. The maximum Gasteiger partial charge on any atom is 0.326 e. The maximum absolute atomic E-state index is 14.6. The van der Waals surface area contributed by atoms with E-state index in [1.54, 1.807) is 52.0 Å². The summed E-state index contributed by atoms with van der Waals surface area (Å²) in [5.74, 6) is -3.84. The summed E-state index contributed by atoms with van der Waals surface area (Å²) in [5, 5.41) is 29.1. The van der Waals surface area contributed by atoms with Gasteiger partial charge in [0.15, 0.2) is 5.78 Å². The molecule has 2 fully saturated rings. The number of likely N-dealkylation sites (tertiary alicyclic amines) is 1. The number of carbonyl (C=O) groups is 7. The minimum Gasteiger partial charge on any atom is -0.511 e. The van der Waals surface area contributed by atoms with Gasteiger partial charge in [-0.15, -0.1) is 0 Å². The van der Waals surface area contributed by atoms with Crippen molar-refractivity contribution < 1.29 is 53.2 Å². The monoisotopic (exact) mass is 951 g/mol. The molecule has 4 amide bonds. The van der Waals surface area contributed by atoms with Gasteiger partial charge in [0.2, 0.25) is 23.6 Å². The van der Waals surface area contributed by atoms with Crippen molar-refractivity contribution in [1.82, 2.24) is 20.9 Å². The number of Topliss-reactive ketones (excluding diaryl/α,β-unsaturated/α-hetero) is 1. The second-order valence-electron chi connectivity index (χ2n) is 21.6. The van der Waals surface area contributed by atoms with Crippen molar-refractivity contribution in [3.05, 3.63) is 41.2 Å². The van der Waals surface area contributed by atoms with Crippen LogP contribution in [0.2, 0.25) is 0 Å². The number of aliphatic carboxylic acids is 1. The number of benzene rings is 1. The molecule has 1 aromatic rings. The number of carbonyl (C=O) groups excluding carboxylic acids is 6. The van der Waals surface area contributed by atoms with Crippen LogP contribution in [0.25, 0.3) is 0 Å². The molecular weight excluding hydrogens is 873 g/mol. The number of aliphatic hydroxyl groups excluding tert-OH is 1. The van der Waals surface area contributed by atoms with Crippen LogP contribution >= 0.6 is 0 Å². The smallest absolute Gasteiger partial charge is 0.326 e. The number of nitrogens with one attached hydrogen (secondary N) is 3. The number of ether oxygens (including phenoxy) is 2. The molecular formula is C51H78N6O11. The number of ketones is 1. The van der Waals surface area contributed by atoms with Crippen LogP contribution in [0.1, 0.15) is 158 Å². The molecule has 2 aliphatic carbocycles. The fourth-order valence-electron chi connectivity index (χ4n) is 9.18. The third-order valence-electron chi connectivity index (χ3n) is 12.4. The van der Waals surface area contributed by atoms with Gasteiger partial charge in [-0.2, -0.15) is 0 Å². The lowest BCUT2D eigenvalue weighted by molar-refractivity contribution is -0.155. The SMILES string of the molecule is CC(=NCCCC[C@H](NC(=O)[C@@H](NC(=O)[C@@H]1CCCN1C(=O)[C@H](Cc1ccc(OC(C)(C)C)cc1)NC(=O)[C@@H](N)CCC(=O)OC(C)(C)C)C1CCCCC1)C(=O)O)C1=C(O)CC(C)(C)CC1=O. The zero-order valence-electron chi connectivity index (χ0n) is 41.8. The van der Waals surface area contributed by atoms with Crippen molar-refractivity contribution in [3.8, 4) is 5.75 Å². The lowest BCUT2D eigenvalue weighted by Gasteiger charge is -2.33. The highest BCUT2D eigenvalue weighted by molar-refractivity contribution is 6.22. The molecule has 1 heterocycles. The second-order valence-corrected chi connectivity index (χ2v) is 21.6. The highest BCUT2D eigenvalue weighted by Gasteiger charge is 2.41. The summed E-state index contributed by atoms with van der Waals surface area (Å²) in [6, 6.07) is 1.58. The van der Waals surface area contributed by atoms with Gasteiger partial charge in [-0.3, -0.25) is 33.8 Å². The lowest BCUT2D eigenvalue weighted by atomic mass is 9.76. The Labute approximate surface area is 402 Å². The molecule has 1 saturated heterocycles. The number of amides is 4. The Bertz CT molecular complexity index is 2030. The van der Waals surface area contributed by atoms with E-state index in [1.165, 1.54) is 4.90 Å². The van der Waals surface area contributed by atoms with E-state index < -0.39 is 77.0 Å². The van der Waals surface area contributed by atoms with Crippen LogP contribution in [0.5, 0.6) is 5.75 Å². The van der Waals surface area contributed by atoms with Gasteiger partial charge in [-0.25, -0.2) is 4.79 Å². The number of aliphatic imine (C=N–C) groups is 1. The number of hydrogen-bond donors (Lipinski definition) is 6. The van der Waals surface area contributed by atoms with Crippen LogP contribution in [0.3, 0.4) is 0 Å². The van der Waals surface area contributed by atoms with Gasteiger partial charge in [-0.05, 0) is 129 Å². The van der Waals surface area contributed by atoms with Crippen molar-refractivity contribution in [1.29, 1.82) is 0 Å². The molecule has 0 unspecified atom stereocenters. The molecule has 17 heteroatoms. The number of rotatable bonds is 21. The number of carboxylic acids is 1. The van der Waals surface area contributed by atoms with E-state index in [4.69, 9.17) is 15.2 Å². The predicted octanol–water partition coefficient (Wildman–Crippen LogP) is 5.80. The van der Waals surface area contributed by atoms with Crippen molar-refractivity contribution in [2.24, 2.45) is 22.1 Å². The summed E-state index contributed by atoms with van der Waals surface area (Å²) in [7, 11) is 0. The number of nitrogens with two attached hydrogens (primary N) is 1. The summed E-state index contributed by atoms with van der Waals surface area (Å²) in [4.78, 5) is 100. The normalized spacial score (nSPS) is 19.9. The molecule has 17 nitrogen and oxygen atoms in total. The van der Waals surface area contributed by atoms with E-state index in [-0.39, 0.29) is 60.7 Å². The number of hydrogen-bond acceptors (Lipinski definition) is 12. The third-order valence-corrected chi connectivity index (χ3v) is 12.4. The second kappa shape index (κ2) is 24.3. The van der Waals surface area contributed by atoms with Gasteiger partial charge >= 0.3 is 11.9 Å². The number of esters is 1. The first-order chi connectivity index (χ1) is 31.7. The molecule has 4 rings (SSSR count). The molecule has 0 radical (unpaired) electrons. The summed E-state index contributed by atoms with van der Waals surface area (Å²) in [6.07, 6.45) is 6.27. The number of allylic oxidation sites excluding steroid dienone is 2. The highest BCUT2D eigenvalue weighted by atomic mass is 16.6. The first kappa shape index (κ1) is 55.3. The minimum atomic E-state index is -1.25. The molecule has 5 atom stereocenters. The van der Waals surface area contributed by atoms with Crippen LogP contribution in [0.15, 0.2) is 40.6 Å². The Morgan fingerprint density at radius 2 is 1.50 bits per heavy atom. The first-order valence-electron chi connectivity index (χ1n) is 24.4. The first-order valence-corrected chi connectivity index (χ1v) is 24.4. The van der Waals surface area contributed by atoms with Crippen LogP contribution in [-0.2, 0) is 44.7 Å². The molecule has 1 saturated carbocycles. The Morgan fingerprint density at radius 3 is 2.10 bits per heavy atom. The van der Waals surface area contributed by atoms with Crippen LogP contribution in [-0.4, -0.2) is 117 Å². The number of aliphatic hydroxyl groups is 1. The average Bonchev–Trinajstić information content (AvgIpc) is 3.73. The summed E-state index contributed by atoms with van der Waals surface area (Å²) in [6.45, 7) is 17.0. The Hall–Kier alpha value is -5.32. The Morgan fingerprint density at radius 1 is 0.853 bits per heavy atom. The molecule has 1 aliphatic heterocycles. The van der Waals surface area contributed by atoms with E-state index in [1.807, 2.05) is 34.6 Å². The molecule has 0 aromatic heterocycles. The predicted molar refractivity (Wildman–Crippen MR) is 258 cm³/mol. The fourth-order valence-corrected chi connectivity index (χ4v) is 9.18. The lowest BCUT2D eigenvalue weighted by Crippen LogP contribution is -2.59. The van der Waals surface area contributed by atoms with E-state index >= 15 is 0 Å². The van der Waals surface area contributed by atoms with Gasteiger partial charge in [0.05, 0.1) is 11.6 Å². The largest absolute Gasteiger partial charge is 0.511 e. The van der Waals surface area contributed by atoms with Crippen LogP contribution in [0.4, 0.5) is 0 Å². The standard InChI is InChI=1S/C51H78N6O11/c1-31(42-39(58)29-51(8,9)30-40(42)59)53-26-14-13-18-36(48(65)66)54-46(63)43(33-16-11-10-12-17-33)56-45(62)38-19-15-27-57(38)47(64)37(28-32-20-22-34(23-21-32)67-49(2,3)4)55-44(61)35(52)24-25-41(60)68-50(5,6)7/h20-23,33,35-38,43,58H,10-19,24-30,52H2,1-9H3,(H,54,63)(H,55,61)(H,56,62)(H,65,66)/t35-,36-,37-,38-,43-/m0/s1. The quantitative estimate of drug-likeness (QED) is 0.0486. The van der Waals surface area contributed by atoms with E-state index in [0.29, 0.717) is 74.9 Å². The van der Waals surface area contributed by atoms with E-state index in [0.717, 1.165) is 19.3 Å². The van der Waals surface area contributed by atoms with Crippen LogP contribution < -0.4 is 26.4 Å². The zero-order chi connectivity index (χ0) is 50.6. The zero-order valence-corrected chi connectivity index (χ0v) is 41.8. The Balaban J connectivity index is 1.47. The topological polar surface area (TPSA) is 256 Å². The summed E-state index contributed by atoms with van der Waals surface area (Å²) in [5.41, 5.74) is 6.15. The van der Waals surface area contributed by atoms with Crippen molar-refractivity contribution >= 4 is 47.1 Å². The van der Waals surface area contributed by atoms with Crippen molar-refractivity contribution in [2.45, 2.75) is 200 Å². The van der Waals surface area contributed by atoms with Crippen molar-refractivity contribution in [2.75, 3.05) is 13.1 Å². The van der Waals surface area contributed by atoms with Gasteiger partial charge in [-0.1, -0.05) is 45.2 Å². The molecule has 3 aliphatic rings. The van der Waals surface area contributed by atoms with E-state index in [9.17, 15) is 43.8 Å². The average molecular weight is 951 g/mol. The number of carboxylic acid groups (broad SMARTS) is 1. The van der Waals surface area contributed by atoms with Gasteiger partial charge < -0.3 is 46.3 Å². The van der Waals surface area contributed by atoms with Crippen LogP contribution in [0, 0.1) is 11.3 Å². The molecule has 0 bridgehead atoms. The van der Waals surface area contributed by atoms with Gasteiger partial charge in [0, 0.05) is 44.5 Å². The minimum absolute atomic E-state index is 0.0243. The molecule has 0 spiro atoms. The highest BCUT2D eigenvalue weighted by Crippen LogP contribution is 2.36. The number of nitrogens with zero attached hydrogens (tertiary/aromatic N) is 2. The molecule has 7 N–H and O–H groups in total.